The van der Waals surface area contributed by atoms with Crippen LogP contribution in [-0.2, 0) is 11.0 Å². The average Bonchev–Trinajstić information content (AvgIpc) is 2.97. The summed E-state index contributed by atoms with van der Waals surface area (Å²) in [5.41, 5.74) is -0.599. The fraction of sp³-hybridized carbons (Fsp3) is 0.400. The van der Waals surface area contributed by atoms with E-state index in [-0.39, 0.29) is 15.9 Å². The van der Waals surface area contributed by atoms with Gasteiger partial charge in [-0.25, -0.2) is 4.98 Å². The molecule has 2 aromatic rings. The average molecular weight is 375 g/mol. The van der Waals surface area contributed by atoms with Crippen LogP contribution in [0.25, 0.3) is 10.6 Å². The molecule has 130 valence electrons. The van der Waals surface area contributed by atoms with Crippen LogP contribution in [0.5, 0.6) is 0 Å². The number of nitrogens with one attached hydrogen (secondary N) is 1. The number of alkyl halides is 3. The lowest BCUT2D eigenvalue weighted by Gasteiger charge is -2.12. The van der Waals surface area contributed by atoms with Gasteiger partial charge < -0.3 is 5.32 Å². The Labute approximate surface area is 145 Å². The van der Waals surface area contributed by atoms with Crippen molar-refractivity contribution in [2.75, 3.05) is 16.8 Å². The van der Waals surface area contributed by atoms with Crippen LogP contribution in [0.4, 0.5) is 18.2 Å². The maximum Gasteiger partial charge on any atom is 0.436 e. The van der Waals surface area contributed by atoms with Gasteiger partial charge in [-0.05, 0) is 17.9 Å². The van der Waals surface area contributed by atoms with E-state index < -0.39 is 17.8 Å². The standard InChI is InChI=1S/C15H16F3N3OS2/c1-3-23-8-9(2)12(22)21-14-11(15(16,17)18)20-13(24-14)10-5-4-6-19-7-10/h4-7,9H,3,8H2,1-2H3,(H,21,22). The van der Waals surface area contributed by atoms with E-state index in [4.69, 9.17) is 0 Å². The number of anilines is 1. The lowest BCUT2D eigenvalue weighted by Crippen LogP contribution is -2.23. The molecule has 24 heavy (non-hydrogen) atoms. The molecule has 0 saturated carbocycles. The first kappa shape index (κ1) is 18.7. The van der Waals surface area contributed by atoms with Crippen LogP contribution < -0.4 is 5.32 Å². The first-order chi connectivity index (χ1) is 11.3. The van der Waals surface area contributed by atoms with Crippen molar-refractivity contribution < 1.29 is 18.0 Å². The lowest BCUT2D eigenvalue weighted by molar-refractivity contribution is -0.140. The molecule has 0 aromatic carbocycles. The van der Waals surface area contributed by atoms with Gasteiger partial charge in [0.1, 0.15) is 10.0 Å². The molecule has 0 aliphatic carbocycles. The molecule has 2 heterocycles. The Morgan fingerprint density at radius 3 is 2.79 bits per heavy atom. The van der Waals surface area contributed by atoms with Crippen molar-refractivity contribution >= 4 is 34.0 Å². The third-order valence-corrected chi connectivity index (χ3v) is 5.22. The number of amides is 1. The summed E-state index contributed by atoms with van der Waals surface area (Å²) in [7, 11) is 0. The smallest absolute Gasteiger partial charge is 0.316 e. The Kier molecular flexibility index (Phi) is 6.22. The van der Waals surface area contributed by atoms with Gasteiger partial charge in [0.2, 0.25) is 5.91 Å². The molecule has 1 atom stereocenters. The van der Waals surface area contributed by atoms with E-state index in [9.17, 15) is 18.0 Å². The number of nitrogens with zero attached hydrogens (tertiary/aromatic N) is 2. The molecule has 0 aliphatic rings. The zero-order valence-corrected chi connectivity index (χ0v) is 14.7. The minimum absolute atomic E-state index is 0.168. The van der Waals surface area contributed by atoms with Gasteiger partial charge in [-0.1, -0.05) is 25.2 Å². The highest BCUT2D eigenvalue weighted by Gasteiger charge is 2.38. The highest BCUT2D eigenvalue weighted by Crippen LogP contribution is 2.41. The van der Waals surface area contributed by atoms with Gasteiger partial charge in [0.15, 0.2) is 5.69 Å². The summed E-state index contributed by atoms with van der Waals surface area (Å²) < 4.78 is 39.6. The van der Waals surface area contributed by atoms with Crippen molar-refractivity contribution in [1.29, 1.82) is 0 Å². The summed E-state index contributed by atoms with van der Waals surface area (Å²) in [6, 6.07) is 3.24. The van der Waals surface area contributed by atoms with E-state index in [1.54, 1.807) is 30.8 Å². The summed E-state index contributed by atoms with van der Waals surface area (Å²) >= 11 is 2.36. The molecule has 2 rings (SSSR count). The molecule has 9 heteroatoms. The van der Waals surface area contributed by atoms with Crippen LogP contribution in [0.2, 0.25) is 0 Å². The van der Waals surface area contributed by atoms with Crippen LogP contribution in [0.3, 0.4) is 0 Å². The van der Waals surface area contributed by atoms with Gasteiger partial charge in [0, 0.05) is 29.6 Å². The van der Waals surface area contributed by atoms with Crippen LogP contribution >= 0.6 is 23.1 Å². The zero-order chi connectivity index (χ0) is 17.7. The molecule has 1 N–H and O–H groups in total. The number of thiazole rings is 1. The monoisotopic (exact) mass is 375 g/mol. The molecular weight excluding hydrogens is 359 g/mol. The molecule has 1 amide bonds. The van der Waals surface area contributed by atoms with E-state index in [2.05, 4.69) is 15.3 Å². The first-order valence-electron chi connectivity index (χ1n) is 7.20. The highest BCUT2D eigenvalue weighted by atomic mass is 32.2. The van der Waals surface area contributed by atoms with Crippen LogP contribution in [-0.4, -0.2) is 27.4 Å². The first-order valence-corrected chi connectivity index (χ1v) is 9.17. The number of carbonyl (C=O) groups excluding carboxylic acids is 1. The third kappa shape index (κ3) is 4.70. The quantitative estimate of drug-likeness (QED) is 0.805. The second-order valence-electron chi connectivity index (χ2n) is 4.99. The molecule has 0 saturated heterocycles. The maximum absolute atomic E-state index is 13.2. The number of rotatable bonds is 6. The number of thioether (sulfide) groups is 1. The Morgan fingerprint density at radius 1 is 1.46 bits per heavy atom. The highest BCUT2D eigenvalue weighted by molar-refractivity contribution is 7.99. The van der Waals surface area contributed by atoms with E-state index in [1.807, 2.05) is 6.92 Å². The number of pyridine rings is 1. The fourth-order valence-electron chi connectivity index (χ4n) is 1.82. The number of hydrogen-bond acceptors (Lipinski definition) is 5. The SMILES string of the molecule is CCSCC(C)C(=O)Nc1sc(-c2cccnc2)nc1C(F)(F)F. The molecule has 0 aliphatic heterocycles. The van der Waals surface area contributed by atoms with Gasteiger partial charge in [-0.3, -0.25) is 9.78 Å². The minimum atomic E-state index is -4.64. The van der Waals surface area contributed by atoms with Gasteiger partial charge in [0.25, 0.3) is 0 Å². The van der Waals surface area contributed by atoms with Crippen molar-refractivity contribution in [3.05, 3.63) is 30.2 Å². The fourth-order valence-corrected chi connectivity index (χ4v) is 3.53. The normalized spacial score (nSPS) is 12.9. The Hall–Kier alpha value is -1.61. The van der Waals surface area contributed by atoms with Crippen LogP contribution in [0, 0.1) is 5.92 Å². The maximum atomic E-state index is 13.2. The molecule has 2 aromatic heterocycles. The second-order valence-corrected chi connectivity index (χ2v) is 7.30. The Balaban J connectivity index is 2.28. The Bertz CT molecular complexity index is 689. The summed E-state index contributed by atoms with van der Waals surface area (Å²) in [4.78, 5) is 19.7. The van der Waals surface area contributed by atoms with E-state index in [1.165, 1.54) is 12.4 Å². The van der Waals surface area contributed by atoms with E-state index >= 15 is 0 Å². The summed E-state index contributed by atoms with van der Waals surface area (Å²) in [5.74, 6) is 0.567. The van der Waals surface area contributed by atoms with Crippen molar-refractivity contribution in [1.82, 2.24) is 9.97 Å². The van der Waals surface area contributed by atoms with Crippen LogP contribution in [0.1, 0.15) is 19.5 Å². The summed E-state index contributed by atoms with van der Waals surface area (Å²) in [6.45, 7) is 3.65. The molecule has 4 nitrogen and oxygen atoms in total. The van der Waals surface area contributed by atoms with Gasteiger partial charge in [0.05, 0.1) is 0 Å². The van der Waals surface area contributed by atoms with Gasteiger partial charge in [-0.15, -0.1) is 0 Å². The molecule has 0 fully saturated rings. The van der Waals surface area contributed by atoms with E-state index in [0.717, 1.165) is 17.1 Å². The molecule has 1 unspecified atom stereocenters. The van der Waals surface area contributed by atoms with Crippen molar-refractivity contribution in [3.63, 3.8) is 0 Å². The van der Waals surface area contributed by atoms with Crippen molar-refractivity contribution in [2.45, 2.75) is 20.0 Å². The number of halogens is 3. The molecule has 0 radical (unpaired) electrons. The van der Waals surface area contributed by atoms with Crippen molar-refractivity contribution in [3.8, 4) is 10.6 Å². The van der Waals surface area contributed by atoms with Gasteiger partial charge in [-0.2, -0.15) is 24.9 Å². The molecule has 0 spiro atoms. The number of carbonyl (C=O) groups is 1. The predicted molar refractivity (Wildman–Crippen MR) is 91.1 cm³/mol. The number of aromatic nitrogens is 2. The topological polar surface area (TPSA) is 54.9 Å². The summed E-state index contributed by atoms with van der Waals surface area (Å²) in [6.07, 6.45) is -1.68. The van der Waals surface area contributed by atoms with E-state index in [0.29, 0.717) is 11.3 Å². The largest absolute Gasteiger partial charge is 0.436 e. The number of hydrogen-bond donors (Lipinski definition) is 1. The minimum Gasteiger partial charge on any atom is -0.316 e. The van der Waals surface area contributed by atoms with Gasteiger partial charge >= 0.3 is 6.18 Å². The van der Waals surface area contributed by atoms with Crippen LogP contribution in [0.15, 0.2) is 24.5 Å². The third-order valence-electron chi connectivity index (χ3n) is 3.06. The molecule has 0 bridgehead atoms. The predicted octanol–water partition coefficient (Wildman–Crippen LogP) is 4.55. The van der Waals surface area contributed by atoms with Crippen molar-refractivity contribution in [2.24, 2.45) is 5.92 Å². The zero-order valence-electron chi connectivity index (χ0n) is 13.1. The Morgan fingerprint density at radius 2 is 2.21 bits per heavy atom. The molecular formula is C15H16F3N3OS2. The lowest BCUT2D eigenvalue weighted by atomic mass is 10.2. The summed E-state index contributed by atoms with van der Waals surface area (Å²) in [5, 5.41) is 2.27. The second kappa shape index (κ2) is 7.98.